The Balaban J connectivity index is 1.72. The van der Waals surface area contributed by atoms with Gasteiger partial charge in [-0.2, -0.15) is 0 Å². The zero-order valence-corrected chi connectivity index (χ0v) is 13.4. The summed E-state index contributed by atoms with van der Waals surface area (Å²) in [5, 5.41) is 0. The molecule has 1 fully saturated rings. The minimum atomic E-state index is 0.0855. The maximum absolute atomic E-state index is 12.0. The molecule has 0 N–H and O–H groups in total. The van der Waals surface area contributed by atoms with Crippen LogP contribution in [0.15, 0.2) is 30.3 Å². The Bertz CT molecular complexity index is 542. The normalized spacial score (nSPS) is 15.2. The van der Waals surface area contributed by atoms with Gasteiger partial charge in [-0.1, -0.05) is 30.4 Å². The predicted octanol–water partition coefficient (Wildman–Crippen LogP) is 4.09. The first-order chi connectivity index (χ1) is 10.7. The number of hydrogen-bond donors (Lipinski definition) is 0. The van der Waals surface area contributed by atoms with Gasteiger partial charge in [0.25, 0.3) is 0 Å². The van der Waals surface area contributed by atoms with E-state index >= 15 is 0 Å². The van der Waals surface area contributed by atoms with Crippen LogP contribution in [0.3, 0.4) is 0 Å². The Morgan fingerprint density at radius 2 is 1.95 bits per heavy atom. The lowest BCUT2D eigenvalue weighted by molar-refractivity contribution is -0.132. The molecule has 0 spiro atoms. The molecule has 3 nitrogen and oxygen atoms in total. The number of amides is 1. The van der Waals surface area contributed by atoms with Crippen molar-refractivity contribution >= 4 is 17.8 Å². The molecule has 0 aromatic heterocycles. The van der Waals surface area contributed by atoms with Crippen molar-refractivity contribution in [1.82, 2.24) is 4.90 Å². The van der Waals surface area contributed by atoms with Crippen LogP contribution in [0.25, 0.3) is 6.08 Å². The van der Waals surface area contributed by atoms with Gasteiger partial charge in [0.1, 0.15) is 0 Å². The van der Waals surface area contributed by atoms with E-state index in [1.165, 1.54) is 6.42 Å². The van der Waals surface area contributed by atoms with Crippen molar-refractivity contribution in [3.05, 3.63) is 41.5 Å². The smallest absolute Gasteiger partial charge is 0.222 e. The molecule has 1 aromatic rings. The number of hydrogen-bond acceptors (Lipinski definition) is 2. The lowest BCUT2D eigenvalue weighted by Gasteiger charge is -2.26. The number of ketones is 1. The maximum Gasteiger partial charge on any atom is 0.222 e. The summed E-state index contributed by atoms with van der Waals surface area (Å²) in [6.07, 6.45) is 10.1. The van der Waals surface area contributed by atoms with Crippen LogP contribution < -0.4 is 0 Å². The number of allylic oxidation sites excluding steroid dienone is 1. The van der Waals surface area contributed by atoms with E-state index in [4.69, 9.17) is 0 Å². The number of Topliss-reactive ketones (excluding diaryl/α,β-unsaturated/α-hetero) is 1. The highest BCUT2D eigenvalue weighted by atomic mass is 16.2. The third kappa shape index (κ3) is 5.14. The molecule has 3 heteroatoms. The Morgan fingerprint density at radius 3 is 2.68 bits per heavy atom. The van der Waals surface area contributed by atoms with E-state index in [1.807, 2.05) is 35.2 Å². The molecule has 22 heavy (non-hydrogen) atoms. The van der Waals surface area contributed by atoms with Crippen LogP contribution in [0.5, 0.6) is 0 Å². The van der Waals surface area contributed by atoms with Crippen LogP contribution in [-0.4, -0.2) is 29.7 Å². The molecule has 1 aromatic carbocycles. The molecular formula is C19H25NO2. The number of likely N-dealkylation sites (tertiary alicyclic amines) is 1. The summed E-state index contributed by atoms with van der Waals surface area (Å²) in [5.74, 6) is 0.383. The van der Waals surface area contributed by atoms with Crippen molar-refractivity contribution in [1.29, 1.82) is 0 Å². The number of benzene rings is 1. The molecule has 0 unspecified atom stereocenters. The maximum atomic E-state index is 12.0. The van der Waals surface area contributed by atoms with Gasteiger partial charge in [0.05, 0.1) is 0 Å². The summed E-state index contributed by atoms with van der Waals surface area (Å²) in [4.78, 5) is 25.4. The first kappa shape index (κ1) is 16.5. The molecule has 1 saturated heterocycles. The Labute approximate surface area is 133 Å². The van der Waals surface area contributed by atoms with Gasteiger partial charge in [-0.25, -0.2) is 0 Å². The van der Waals surface area contributed by atoms with Crippen molar-refractivity contribution in [3.8, 4) is 0 Å². The lowest BCUT2D eigenvalue weighted by atomic mass is 10.1. The number of carbonyl (C=O) groups is 2. The Hall–Kier alpha value is -1.90. The predicted molar refractivity (Wildman–Crippen MR) is 89.8 cm³/mol. The zero-order valence-electron chi connectivity index (χ0n) is 13.4. The van der Waals surface area contributed by atoms with Gasteiger partial charge in [-0.05, 0) is 50.7 Å². The van der Waals surface area contributed by atoms with E-state index in [0.717, 1.165) is 49.9 Å². The van der Waals surface area contributed by atoms with Crippen molar-refractivity contribution in [3.63, 3.8) is 0 Å². The highest BCUT2D eigenvalue weighted by Gasteiger charge is 2.15. The summed E-state index contributed by atoms with van der Waals surface area (Å²) in [5.41, 5.74) is 1.78. The highest BCUT2D eigenvalue weighted by Crippen LogP contribution is 2.12. The van der Waals surface area contributed by atoms with Crippen LogP contribution in [0, 0.1) is 0 Å². The largest absolute Gasteiger partial charge is 0.343 e. The molecular weight excluding hydrogens is 274 g/mol. The second-order valence-electron chi connectivity index (χ2n) is 5.92. The zero-order chi connectivity index (χ0) is 15.8. The molecule has 1 aliphatic heterocycles. The third-order valence-corrected chi connectivity index (χ3v) is 4.07. The first-order valence-corrected chi connectivity index (χ1v) is 8.22. The fourth-order valence-corrected chi connectivity index (χ4v) is 2.75. The van der Waals surface area contributed by atoms with Gasteiger partial charge in [0, 0.05) is 25.1 Å². The minimum Gasteiger partial charge on any atom is -0.343 e. The van der Waals surface area contributed by atoms with Crippen molar-refractivity contribution in [2.24, 2.45) is 0 Å². The number of piperidine rings is 1. The SMILES string of the molecule is CC(=O)c1cccc(/C=C\CCCC(=O)N2CCCCC2)c1. The average molecular weight is 299 g/mol. The highest BCUT2D eigenvalue weighted by molar-refractivity contribution is 5.94. The number of rotatable bonds is 6. The molecule has 2 rings (SSSR count). The average Bonchev–Trinajstić information content (AvgIpc) is 2.55. The molecule has 0 aliphatic carbocycles. The molecule has 0 radical (unpaired) electrons. The van der Waals surface area contributed by atoms with E-state index in [1.54, 1.807) is 6.92 Å². The quantitative estimate of drug-likeness (QED) is 0.586. The summed E-state index contributed by atoms with van der Waals surface area (Å²) in [6, 6.07) is 7.62. The molecule has 0 bridgehead atoms. The fourth-order valence-electron chi connectivity index (χ4n) is 2.75. The van der Waals surface area contributed by atoms with E-state index < -0.39 is 0 Å². The van der Waals surface area contributed by atoms with Gasteiger partial charge in [0.2, 0.25) is 5.91 Å². The first-order valence-electron chi connectivity index (χ1n) is 8.22. The molecule has 0 atom stereocenters. The van der Waals surface area contributed by atoms with E-state index in [9.17, 15) is 9.59 Å². The minimum absolute atomic E-state index is 0.0855. The van der Waals surface area contributed by atoms with Crippen molar-refractivity contribution < 1.29 is 9.59 Å². The van der Waals surface area contributed by atoms with Gasteiger partial charge in [0.15, 0.2) is 5.78 Å². The van der Waals surface area contributed by atoms with Gasteiger partial charge >= 0.3 is 0 Å². The van der Waals surface area contributed by atoms with Gasteiger partial charge in [-0.15, -0.1) is 0 Å². The van der Waals surface area contributed by atoms with Crippen molar-refractivity contribution in [2.75, 3.05) is 13.1 Å². The van der Waals surface area contributed by atoms with E-state index in [-0.39, 0.29) is 5.78 Å². The Morgan fingerprint density at radius 1 is 1.18 bits per heavy atom. The van der Waals surface area contributed by atoms with Crippen LogP contribution in [0.2, 0.25) is 0 Å². The standard InChI is InChI=1S/C19H25NO2/c1-16(21)18-11-8-10-17(15-18)9-4-2-5-12-19(22)20-13-6-3-7-14-20/h4,8-11,15H,2-3,5-7,12-14H2,1H3/b9-4-. The molecule has 0 saturated carbocycles. The van der Waals surface area contributed by atoms with Crippen LogP contribution in [0.1, 0.15) is 61.4 Å². The van der Waals surface area contributed by atoms with Crippen LogP contribution in [-0.2, 0) is 4.79 Å². The van der Waals surface area contributed by atoms with Crippen LogP contribution >= 0.6 is 0 Å². The summed E-state index contributed by atoms with van der Waals surface area (Å²) in [6.45, 7) is 3.45. The topological polar surface area (TPSA) is 37.4 Å². The summed E-state index contributed by atoms with van der Waals surface area (Å²) in [7, 11) is 0. The summed E-state index contributed by atoms with van der Waals surface area (Å²) >= 11 is 0. The second-order valence-corrected chi connectivity index (χ2v) is 5.92. The number of carbonyl (C=O) groups excluding carboxylic acids is 2. The molecule has 1 aliphatic rings. The summed E-state index contributed by atoms with van der Waals surface area (Å²) < 4.78 is 0. The van der Waals surface area contributed by atoms with Crippen molar-refractivity contribution in [2.45, 2.75) is 45.4 Å². The molecule has 1 amide bonds. The number of nitrogens with zero attached hydrogens (tertiary/aromatic N) is 1. The van der Waals surface area contributed by atoms with Gasteiger partial charge < -0.3 is 4.90 Å². The number of unbranched alkanes of at least 4 members (excludes halogenated alkanes) is 1. The van der Waals surface area contributed by atoms with E-state index in [0.29, 0.717) is 12.3 Å². The molecule has 1 heterocycles. The third-order valence-electron chi connectivity index (χ3n) is 4.07. The van der Waals surface area contributed by atoms with E-state index in [2.05, 4.69) is 6.08 Å². The monoisotopic (exact) mass is 299 g/mol. The second kappa shape index (κ2) is 8.52. The molecule has 118 valence electrons. The Kier molecular flexibility index (Phi) is 6.38. The van der Waals surface area contributed by atoms with Crippen LogP contribution in [0.4, 0.5) is 0 Å². The lowest BCUT2D eigenvalue weighted by Crippen LogP contribution is -2.35. The fraction of sp³-hybridized carbons (Fsp3) is 0.474. The van der Waals surface area contributed by atoms with Gasteiger partial charge in [-0.3, -0.25) is 9.59 Å².